The van der Waals surface area contributed by atoms with Crippen LogP contribution in [0.1, 0.15) is 30.4 Å². The molecule has 0 amide bonds. The van der Waals surface area contributed by atoms with Gasteiger partial charge < -0.3 is 0 Å². The van der Waals surface area contributed by atoms with Crippen LogP contribution in [-0.2, 0) is 15.9 Å². The maximum absolute atomic E-state index is 12.9. The van der Waals surface area contributed by atoms with Crippen molar-refractivity contribution in [3.05, 3.63) is 27.7 Å². The lowest BCUT2D eigenvalue weighted by Gasteiger charge is -2.27. The second kappa shape index (κ2) is 5.27. The van der Waals surface area contributed by atoms with Crippen LogP contribution in [0.2, 0.25) is 0 Å². The maximum atomic E-state index is 12.9. The summed E-state index contributed by atoms with van der Waals surface area (Å²) in [5.41, 5.74) is 1.59. The fourth-order valence-corrected chi connectivity index (χ4v) is 6.19. The fourth-order valence-electron chi connectivity index (χ4n) is 3.35. The van der Waals surface area contributed by atoms with Gasteiger partial charge in [0.1, 0.15) is 0 Å². The Morgan fingerprint density at radius 1 is 1.40 bits per heavy atom. The third-order valence-electron chi connectivity index (χ3n) is 4.46. The van der Waals surface area contributed by atoms with Gasteiger partial charge in [0.25, 0.3) is 0 Å². The average molecular weight is 379 g/mol. The molecule has 1 aliphatic heterocycles. The SMILES string of the molecule is Cc1c(Br)cc(CCl)cc1S(=O)(=O)N1CC2CCC1C2. The zero-order chi connectivity index (χ0) is 14.5. The minimum Gasteiger partial charge on any atom is -0.207 e. The zero-order valence-electron chi connectivity index (χ0n) is 11.3. The molecule has 3 rings (SSSR count). The Balaban J connectivity index is 2.05. The molecule has 1 saturated heterocycles. The van der Waals surface area contributed by atoms with Gasteiger partial charge in [0, 0.05) is 22.9 Å². The highest BCUT2D eigenvalue weighted by molar-refractivity contribution is 9.10. The third kappa shape index (κ3) is 2.32. The van der Waals surface area contributed by atoms with Crippen LogP contribution in [0.4, 0.5) is 0 Å². The Morgan fingerprint density at radius 3 is 2.70 bits per heavy atom. The van der Waals surface area contributed by atoms with Crippen molar-refractivity contribution < 1.29 is 8.42 Å². The number of nitrogens with zero attached hydrogens (tertiary/aromatic N) is 1. The summed E-state index contributed by atoms with van der Waals surface area (Å²) in [7, 11) is -3.41. The second-order valence-corrected chi connectivity index (χ2v) is 8.72. The summed E-state index contributed by atoms with van der Waals surface area (Å²) >= 11 is 9.30. The van der Waals surface area contributed by atoms with Gasteiger partial charge in [-0.1, -0.05) is 15.9 Å². The lowest BCUT2D eigenvalue weighted by Crippen LogP contribution is -2.38. The number of benzene rings is 1. The Labute approximate surface area is 133 Å². The van der Waals surface area contributed by atoms with E-state index in [1.165, 1.54) is 6.42 Å². The largest absolute Gasteiger partial charge is 0.243 e. The molecule has 0 N–H and O–H groups in total. The van der Waals surface area contributed by atoms with E-state index >= 15 is 0 Å². The summed E-state index contributed by atoms with van der Waals surface area (Å²) in [4.78, 5) is 0.398. The van der Waals surface area contributed by atoms with Crippen LogP contribution in [0.25, 0.3) is 0 Å². The molecule has 1 heterocycles. The summed E-state index contributed by atoms with van der Waals surface area (Å²) in [6, 6.07) is 3.80. The number of fused-ring (bicyclic) bond motifs is 2. The van der Waals surface area contributed by atoms with E-state index in [9.17, 15) is 8.42 Å². The van der Waals surface area contributed by atoms with Crippen LogP contribution in [0.15, 0.2) is 21.5 Å². The third-order valence-corrected chi connectivity index (χ3v) is 7.63. The van der Waals surface area contributed by atoms with Crippen LogP contribution in [0.3, 0.4) is 0 Å². The first kappa shape index (κ1) is 14.8. The van der Waals surface area contributed by atoms with E-state index in [2.05, 4.69) is 15.9 Å². The van der Waals surface area contributed by atoms with Crippen molar-refractivity contribution in [2.75, 3.05) is 6.54 Å². The van der Waals surface area contributed by atoms with Crippen molar-refractivity contribution in [2.45, 2.75) is 43.0 Å². The molecule has 2 bridgehead atoms. The van der Waals surface area contributed by atoms with Gasteiger partial charge in [0.15, 0.2) is 0 Å². The number of hydrogen-bond donors (Lipinski definition) is 0. The molecule has 1 aromatic carbocycles. The molecule has 1 saturated carbocycles. The molecule has 0 spiro atoms. The monoisotopic (exact) mass is 377 g/mol. The van der Waals surface area contributed by atoms with E-state index in [0.717, 1.165) is 28.4 Å². The highest BCUT2D eigenvalue weighted by Gasteiger charge is 2.44. The summed E-state index contributed by atoms with van der Waals surface area (Å²) < 4.78 is 28.4. The number of rotatable bonds is 3. The van der Waals surface area contributed by atoms with Crippen molar-refractivity contribution >= 4 is 37.6 Å². The molecular formula is C14H17BrClNO2S. The first-order valence-electron chi connectivity index (χ1n) is 6.80. The van der Waals surface area contributed by atoms with Crippen molar-refractivity contribution in [2.24, 2.45) is 5.92 Å². The molecule has 6 heteroatoms. The Hall–Kier alpha value is -0.100. The molecule has 2 atom stereocenters. The molecule has 0 aromatic heterocycles. The minimum atomic E-state index is -3.41. The van der Waals surface area contributed by atoms with Crippen LogP contribution < -0.4 is 0 Å². The van der Waals surface area contributed by atoms with Crippen LogP contribution in [0.5, 0.6) is 0 Å². The van der Waals surface area contributed by atoms with Crippen molar-refractivity contribution in [1.82, 2.24) is 4.31 Å². The number of alkyl halides is 1. The Morgan fingerprint density at radius 2 is 2.15 bits per heavy atom. The first-order chi connectivity index (χ1) is 9.43. The van der Waals surface area contributed by atoms with E-state index in [0.29, 0.717) is 23.2 Å². The predicted molar refractivity (Wildman–Crippen MR) is 83.5 cm³/mol. The maximum Gasteiger partial charge on any atom is 0.243 e. The smallest absolute Gasteiger partial charge is 0.207 e. The molecule has 2 unspecified atom stereocenters. The predicted octanol–water partition coefficient (Wildman–Crippen LogP) is 3.67. The number of hydrogen-bond acceptors (Lipinski definition) is 2. The highest BCUT2D eigenvalue weighted by atomic mass is 79.9. The number of sulfonamides is 1. The van der Waals surface area contributed by atoms with Gasteiger partial charge in [0.05, 0.1) is 4.90 Å². The lowest BCUT2D eigenvalue weighted by atomic mass is 10.1. The minimum absolute atomic E-state index is 0.197. The summed E-state index contributed by atoms with van der Waals surface area (Å²) in [5, 5.41) is 0. The Kier molecular flexibility index (Phi) is 3.91. The van der Waals surface area contributed by atoms with Gasteiger partial charge >= 0.3 is 0 Å². The lowest BCUT2D eigenvalue weighted by molar-refractivity contribution is 0.333. The molecule has 0 radical (unpaired) electrons. The zero-order valence-corrected chi connectivity index (χ0v) is 14.4. The first-order valence-corrected chi connectivity index (χ1v) is 9.57. The number of piperidine rings is 1. The van der Waals surface area contributed by atoms with Crippen LogP contribution in [0, 0.1) is 12.8 Å². The van der Waals surface area contributed by atoms with Crippen LogP contribution in [-0.4, -0.2) is 25.3 Å². The Bertz CT molecular complexity index is 647. The average Bonchev–Trinajstić information content (AvgIpc) is 3.04. The van der Waals surface area contributed by atoms with Gasteiger partial charge in [-0.25, -0.2) is 8.42 Å². The van der Waals surface area contributed by atoms with E-state index in [1.807, 2.05) is 13.0 Å². The van der Waals surface area contributed by atoms with E-state index in [-0.39, 0.29) is 6.04 Å². The molecular weight excluding hydrogens is 362 g/mol. The standard InChI is InChI=1S/C14H17BrClNO2S/c1-9-13(15)5-11(7-16)6-14(9)20(18,19)17-8-10-2-3-12(17)4-10/h5-6,10,12H,2-4,7-8H2,1H3. The van der Waals surface area contributed by atoms with Gasteiger partial charge in [-0.15, -0.1) is 11.6 Å². The molecule has 3 nitrogen and oxygen atoms in total. The van der Waals surface area contributed by atoms with Crippen molar-refractivity contribution in [3.8, 4) is 0 Å². The normalized spacial score (nSPS) is 26.4. The summed E-state index contributed by atoms with van der Waals surface area (Å²) in [6.07, 6.45) is 3.19. The topological polar surface area (TPSA) is 37.4 Å². The summed E-state index contributed by atoms with van der Waals surface area (Å²) in [5.74, 6) is 0.864. The second-order valence-electron chi connectivity index (χ2n) is 5.74. The van der Waals surface area contributed by atoms with E-state index in [1.54, 1.807) is 10.4 Å². The highest BCUT2D eigenvalue weighted by Crippen LogP contribution is 2.41. The van der Waals surface area contributed by atoms with Gasteiger partial charge in [0.2, 0.25) is 10.0 Å². The molecule has 110 valence electrons. The quantitative estimate of drug-likeness (QED) is 0.753. The van der Waals surface area contributed by atoms with Crippen molar-refractivity contribution in [1.29, 1.82) is 0 Å². The summed E-state index contributed by atoms with van der Waals surface area (Å²) in [6.45, 7) is 2.51. The van der Waals surface area contributed by atoms with Gasteiger partial charge in [-0.05, 0) is 55.4 Å². The van der Waals surface area contributed by atoms with Crippen molar-refractivity contribution in [3.63, 3.8) is 0 Å². The molecule has 2 aliphatic rings. The molecule has 20 heavy (non-hydrogen) atoms. The van der Waals surface area contributed by atoms with Gasteiger partial charge in [-0.3, -0.25) is 0 Å². The fraction of sp³-hybridized carbons (Fsp3) is 0.571. The van der Waals surface area contributed by atoms with E-state index < -0.39 is 10.0 Å². The number of halogens is 2. The van der Waals surface area contributed by atoms with Crippen LogP contribution >= 0.6 is 27.5 Å². The van der Waals surface area contributed by atoms with Gasteiger partial charge in [-0.2, -0.15) is 4.31 Å². The molecule has 1 aliphatic carbocycles. The van der Waals surface area contributed by atoms with E-state index in [4.69, 9.17) is 11.6 Å². The molecule has 2 fully saturated rings. The molecule has 1 aromatic rings.